The zero-order valence-electron chi connectivity index (χ0n) is 11.2. The maximum Gasteiger partial charge on any atom is 0.343 e. The van der Waals surface area contributed by atoms with E-state index in [1.807, 2.05) is 31.2 Å². The van der Waals surface area contributed by atoms with E-state index < -0.39 is 4.92 Å². The van der Waals surface area contributed by atoms with Gasteiger partial charge in [0.1, 0.15) is 6.33 Å². The Morgan fingerprint density at radius 3 is 2.81 bits per heavy atom. The van der Waals surface area contributed by atoms with E-state index in [1.54, 1.807) is 0 Å². The molecule has 1 heterocycles. The lowest BCUT2D eigenvalue weighted by Gasteiger charge is -2.08. The molecule has 2 aromatic rings. The van der Waals surface area contributed by atoms with Gasteiger partial charge in [0.05, 0.1) is 4.92 Å². The lowest BCUT2D eigenvalue weighted by molar-refractivity contribution is -0.387. The fourth-order valence-electron chi connectivity index (χ4n) is 1.61. The molecule has 0 saturated carbocycles. The van der Waals surface area contributed by atoms with Gasteiger partial charge >= 0.3 is 5.69 Å². The fraction of sp³-hybridized carbons (Fsp3) is 0.231. The first-order valence-corrected chi connectivity index (χ1v) is 7.90. The van der Waals surface area contributed by atoms with Crippen molar-refractivity contribution in [2.24, 2.45) is 0 Å². The quantitative estimate of drug-likeness (QED) is 0.469. The summed E-state index contributed by atoms with van der Waals surface area (Å²) < 4.78 is 0.867. The molecular weight excluding hydrogens is 356 g/mol. The Morgan fingerprint density at radius 2 is 2.14 bits per heavy atom. The third kappa shape index (κ3) is 3.92. The van der Waals surface area contributed by atoms with Crippen molar-refractivity contribution in [3.05, 3.63) is 45.2 Å². The van der Waals surface area contributed by atoms with Gasteiger partial charge in [-0.2, -0.15) is 0 Å². The Hall–Kier alpha value is -1.67. The highest BCUT2D eigenvalue weighted by molar-refractivity contribution is 9.10. The highest BCUT2D eigenvalue weighted by atomic mass is 79.9. The second-order valence-corrected chi connectivity index (χ2v) is 5.98. The topological polar surface area (TPSA) is 81.0 Å². The van der Waals surface area contributed by atoms with Crippen LogP contribution >= 0.6 is 27.7 Å². The van der Waals surface area contributed by atoms with E-state index in [1.165, 1.54) is 18.1 Å². The predicted octanol–water partition coefficient (Wildman–Crippen LogP) is 4.12. The average Bonchev–Trinajstić information content (AvgIpc) is 2.47. The number of hydrogen-bond donors (Lipinski definition) is 1. The van der Waals surface area contributed by atoms with Gasteiger partial charge in [-0.1, -0.05) is 30.8 Å². The monoisotopic (exact) mass is 368 g/mol. The van der Waals surface area contributed by atoms with Crippen LogP contribution in [0.1, 0.15) is 13.3 Å². The normalized spacial score (nSPS) is 10.4. The van der Waals surface area contributed by atoms with Crippen LogP contribution in [0.3, 0.4) is 0 Å². The highest BCUT2D eigenvalue weighted by Crippen LogP contribution is 2.39. The summed E-state index contributed by atoms with van der Waals surface area (Å²) in [5.41, 5.74) is -0.0910. The minimum Gasteiger partial charge on any atom is -0.364 e. The standard InChI is InChI=1S/C13H13BrN4O2S/c1-2-7-15-12-11(18(19)20)13(17-8-16-12)21-10-6-4-3-5-9(10)14/h3-6,8H,2,7H2,1H3,(H,15,16,17). The molecule has 0 radical (unpaired) electrons. The van der Waals surface area contributed by atoms with Crippen molar-refractivity contribution in [1.29, 1.82) is 0 Å². The van der Waals surface area contributed by atoms with Crippen LogP contribution in [-0.4, -0.2) is 21.4 Å². The molecule has 0 aliphatic carbocycles. The summed E-state index contributed by atoms with van der Waals surface area (Å²) in [6.45, 7) is 2.60. The minimum absolute atomic E-state index is 0.0910. The average molecular weight is 369 g/mol. The number of hydrogen-bond acceptors (Lipinski definition) is 6. The van der Waals surface area contributed by atoms with Gasteiger partial charge in [-0.3, -0.25) is 10.1 Å². The van der Waals surface area contributed by atoms with Gasteiger partial charge in [0.25, 0.3) is 0 Å². The summed E-state index contributed by atoms with van der Waals surface area (Å²) in [6.07, 6.45) is 2.19. The Labute approximate surface area is 134 Å². The molecule has 2 rings (SSSR count). The number of benzene rings is 1. The second kappa shape index (κ2) is 7.37. The molecular formula is C13H13BrN4O2S. The minimum atomic E-state index is -0.447. The number of nitro groups is 1. The van der Waals surface area contributed by atoms with E-state index in [0.29, 0.717) is 11.6 Å². The van der Waals surface area contributed by atoms with Gasteiger partial charge in [0.15, 0.2) is 5.03 Å². The molecule has 8 heteroatoms. The van der Waals surface area contributed by atoms with Crippen LogP contribution in [0.4, 0.5) is 11.5 Å². The van der Waals surface area contributed by atoms with Crippen molar-refractivity contribution in [1.82, 2.24) is 9.97 Å². The van der Waals surface area contributed by atoms with Gasteiger partial charge in [0, 0.05) is 15.9 Å². The Kier molecular flexibility index (Phi) is 5.51. The molecule has 0 unspecified atom stereocenters. The second-order valence-electron chi connectivity index (χ2n) is 4.09. The van der Waals surface area contributed by atoms with Crippen molar-refractivity contribution in [3.63, 3.8) is 0 Å². The van der Waals surface area contributed by atoms with Crippen LogP contribution < -0.4 is 5.32 Å². The van der Waals surface area contributed by atoms with E-state index in [-0.39, 0.29) is 11.5 Å². The number of aromatic nitrogens is 2. The largest absolute Gasteiger partial charge is 0.364 e. The summed E-state index contributed by atoms with van der Waals surface area (Å²) in [7, 11) is 0. The van der Waals surface area contributed by atoms with Crippen LogP contribution in [0.15, 0.2) is 45.0 Å². The molecule has 6 nitrogen and oxygen atoms in total. The predicted molar refractivity (Wildman–Crippen MR) is 85.7 cm³/mol. The van der Waals surface area contributed by atoms with Crippen molar-refractivity contribution in [2.75, 3.05) is 11.9 Å². The summed E-state index contributed by atoms with van der Waals surface area (Å²) >= 11 is 4.66. The maximum absolute atomic E-state index is 11.3. The van der Waals surface area contributed by atoms with Gasteiger partial charge in [-0.05, 0) is 34.5 Å². The molecule has 1 aromatic heterocycles. The molecule has 1 aromatic carbocycles. The van der Waals surface area contributed by atoms with Crippen LogP contribution in [0.2, 0.25) is 0 Å². The summed E-state index contributed by atoms with van der Waals surface area (Å²) in [5.74, 6) is 0.256. The lowest BCUT2D eigenvalue weighted by Crippen LogP contribution is -2.07. The Balaban J connectivity index is 2.39. The molecule has 0 amide bonds. The molecule has 0 atom stereocenters. The molecule has 0 spiro atoms. The maximum atomic E-state index is 11.3. The first-order valence-electron chi connectivity index (χ1n) is 6.29. The van der Waals surface area contributed by atoms with Crippen LogP contribution in [0.5, 0.6) is 0 Å². The number of halogens is 1. The first kappa shape index (κ1) is 15.7. The third-order valence-corrected chi connectivity index (χ3v) is 4.58. The first-order chi connectivity index (χ1) is 10.1. The zero-order valence-corrected chi connectivity index (χ0v) is 13.6. The molecule has 0 bridgehead atoms. The van der Waals surface area contributed by atoms with Crippen LogP contribution in [-0.2, 0) is 0 Å². The Bertz CT molecular complexity index is 654. The van der Waals surface area contributed by atoms with E-state index in [2.05, 4.69) is 31.2 Å². The lowest BCUT2D eigenvalue weighted by atomic mass is 10.4. The Morgan fingerprint density at radius 1 is 1.38 bits per heavy atom. The number of nitrogens with one attached hydrogen (secondary N) is 1. The van der Waals surface area contributed by atoms with Crippen molar-refractivity contribution in [3.8, 4) is 0 Å². The fourth-order valence-corrected chi connectivity index (χ4v) is 3.02. The van der Waals surface area contributed by atoms with Crippen molar-refractivity contribution < 1.29 is 4.92 Å². The molecule has 0 saturated heterocycles. The molecule has 0 aliphatic rings. The summed E-state index contributed by atoms with van der Waals surface area (Å²) in [6, 6.07) is 7.51. The molecule has 0 fully saturated rings. The molecule has 0 aliphatic heterocycles. The highest BCUT2D eigenvalue weighted by Gasteiger charge is 2.23. The summed E-state index contributed by atoms with van der Waals surface area (Å²) in [4.78, 5) is 19.8. The molecule has 110 valence electrons. The van der Waals surface area contributed by atoms with Gasteiger partial charge in [-0.15, -0.1) is 0 Å². The van der Waals surface area contributed by atoms with Crippen molar-refractivity contribution in [2.45, 2.75) is 23.3 Å². The summed E-state index contributed by atoms with van der Waals surface area (Å²) in [5, 5.41) is 14.6. The molecule has 1 N–H and O–H groups in total. The SMILES string of the molecule is CCCNc1ncnc(Sc2ccccc2Br)c1[N+](=O)[O-]. The zero-order chi connectivity index (χ0) is 15.2. The number of nitrogens with zero attached hydrogens (tertiary/aromatic N) is 3. The molecule has 21 heavy (non-hydrogen) atoms. The van der Waals surface area contributed by atoms with Crippen molar-refractivity contribution >= 4 is 39.2 Å². The van der Waals surface area contributed by atoms with Crippen LogP contribution in [0.25, 0.3) is 0 Å². The number of anilines is 1. The van der Waals surface area contributed by atoms with Gasteiger partial charge in [-0.25, -0.2) is 9.97 Å². The van der Waals surface area contributed by atoms with E-state index >= 15 is 0 Å². The smallest absolute Gasteiger partial charge is 0.343 e. The van der Waals surface area contributed by atoms with E-state index in [9.17, 15) is 10.1 Å². The number of rotatable bonds is 6. The van der Waals surface area contributed by atoms with Crippen LogP contribution in [0, 0.1) is 10.1 Å². The third-order valence-electron chi connectivity index (χ3n) is 2.56. The van der Waals surface area contributed by atoms with E-state index in [0.717, 1.165) is 15.8 Å². The van der Waals surface area contributed by atoms with E-state index in [4.69, 9.17) is 0 Å². The van der Waals surface area contributed by atoms with Gasteiger partial charge < -0.3 is 5.32 Å². The van der Waals surface area contributed by atoms with Gasteiger partial charge in [0.2, 0.25) is 5.82 Å².